The van der Waals surface area contributed by atoms with Crippen molar-refractivity contribution in [1.29, 1.82) is 0 Å². The predicted octanol–water partition coefficient (Wildman–Crippen LogP) is -4.17. The van der Waals surface area contributed by atoms with Gasteiger partial charge in [-0.3, -0.25) is 0 Å². The summed E-state index contributed by atoms with van der Waals surface area (Å²) in [6.07, 6.45) is -5.83. The van der Waals surface area contributed by atoms with Crippen LogP contribution in [0.15, 0.2) is 0 Å². The molecule has 0 bridgehead atoms. The van der Waals surface area contributed by atoms with Crippen LogP contribution in [-0.4, -0.2) is 89.6 Å². The van der Waals surface area contributed by atoms with Gasteiger partial charge < -0.3 is 46.0 Å². The molecule has 9 nitrogen and oxygen atoms in total. The molecule has 0 saturated heterocycles. The predicted molar refractivity (Wildman–Crippen MR) is 62.5 cm³/mol. The van der Waals surface area contributed by atoms with E-state index in [1.54, 1.807) is 6.92 Å². The number of hydrogen-bond acceptors (Lipinski definition) is 9. The summed E-state index contributed by atoms with van der Waals surface area (Å²) in [5.74, 6) is -2.45. The Hall–Kier alpha value is -0.360. The van der Waals surface area contributed by atoms with Gasteiger partial charge in [-0.2, -0.15) is 0 Å². The van der Waals surface area contributed by atoms with Crippen molar-refractivity contribution in [3.05, 3.63) is 0 Å². The molecule has 118 valence electrons. The molecule has 0 rings (SSSR count). The van der Waals surface area contributed by atoms with E-state index in [2.05, 4.69) is 0 Å². The second kappa shape index (κ2) is 10.4. The van der Waals surface area contributed by atoms with Crippen LogP contribution in [0, 0.1) is 0 Å². The quantitative estimate of drug-likeness (QED) is 0.210. The van der Waals surface area contributed by atoms with Crippen LogP contribution < -0.4 is 0 Å². The van der Waals surface area contributed by atoms with E-state index in [0.29, 0.717) is 6.42 Å². The Balaban J connectivity index is 0. The first-order valence-electron chi connectivity index (χ1n) is 5.71. The standard InChI is InChI=1S/C6H14O6.C4H10O3/c7-1-3(9)5(11)6(12)4(10)2-8;1-2-3-4(5,6)7/h3-12H,1-2H2;5-7H,2-3H2,1H3/t3-,4+,5-,6-;/m1./s1. The van der Waals surface area contributed by atoms with Gasteiger partial charge in [0.2, 0.25) is 0 Å². The zero-order chi connectivity index (χ0) is 15.6. The highest BCUT2D eigenvalue weighted by atomic mass is 16.7. The van der Waals surface area contributed by atoms with Crippen LogP contribution in [0.3, 0.4) is 0 Å². The molecule has 19 heavy (non-hydrogen) atoms. The molecule has 0 radical (unpaired) electrons. The Morgan fingerprint density at radius 3 is 1.21 bits per heavy atom. The lowest BCUT2D eigenvalue weighted by atomic mass is 10.0. The molecule has 0 spiro atoms. The maximum absolute atomic E-state index is 8.96. The van der Waals surface area contributed by atoms with Crippen molar-refractivity contribution in [3.63, 3.8) is 0 Å². The zero-order valence-electron chi connectivity index (χ0n) is 10.7. The van der Waals surface area contributed by atoms with E-state index in [1.165, 1.54) is 0 Å². The lowest BCUT2D eigenvalue weighted by molar-refractivity contribution is -0.314. The molecule has 4 atom stereocenters. The Kier molecular flexibility index (Phi) is 11.5. The van der Waals surface area contributed by atoms with Gasteiger partial charge in [0.1, 0.15) is 24.4 Å². The third-order valence-corrected chi connectivity index (χ3v) is 2.10. The highest BCUT2D eigenvalue weighted by molar-refractivity contribution is 4.79. The average molecular weight is 288 g/mol. The van der Waals surface area contributed by atoms with Crippen LogP contribution in [-0.2, 0) is 0 Å². The van der Waals surface area contributed by atoms with E-state index in [1.807, 2.05) is 0 Å². The van der Waals surface area contributed by atoms with E-state index in [4.69, 9.17) is 46.0 Å². The summed E-state index contributed by atoms with van der Waals surface area (Å²) in [4.78, 5) is 0. The summed E-state index contributed by atoms with van der Waals surface area (Å²) in [6.45, 7) is 0.296. The fourth-order valence-corrected chi connectivity index (χ4v) is 1.01. The second-order valence-electron chi connectivity index (χ2n) is 4.01. The Morgan fingerprint density at radius 1 is 0.789 bits per heavy atom. The average Bonchev–Trinajstić information content (AvgIpc) is 2.34. The maximum atomic E-state index is 8.96. The molecule has 0 aromatic rings. The fraction of sp³-hybridized carbons (Fsp3) is 1.00. The van der Waals surface area contributed by atoms with Crippen molar-refractivity contribution >= 4 is 0 Å². The number of aliphatic hydroxyl groups is 9. The molecule has 9 heteroatoms. The summed E-state index contributed by atoms with van der Waals surface area (Å²) in [6, 6.07) is 0. The Morgan fingerprint density at radius 2 is 1.11 bits per heavy atom. The lowest BCUT2D eigenvalue weighted by Crippen LogP contribution is -2.46. The second-order valence-corrected chi connectivity index (χ2v) is 4.01. The van der Waals surface area contributed by atoms with Crippen molar-refractivity contribution in [1.82, 2.24) is 0 Å². The lowest BCUT2D eigenvalue weighted by Gasteiger charge is -2.24. The van der Waals surface area contributed by atoms with E-state index >= 15 is 0 Å². The minimum atomic E-state index is -2.45. The first kappa shape index (κ1) is 20.9. The number of rotatable bonds is 7. The topological polar surface area (TPSA) is 182 Å². The largest absolute Gasteiger partial charge is 0.394 e. The summed E-state index contributed by atoms with van der Waals surface area (Å²) in [5.41, 5.74) is 0. The van der Waals surface area contributed by atoms with Gasteiger partial charge in [0, 0.05) is 6.42 Å². The highest BCUT2D eigenvalue weighted by Gasteiger charge is 2.29. The summed E-state index contributed by atoms with van der Waals surface area (Å²) in [5, 5.41) is 76.6. The van der Waals surface area contributed by atoms with Crippen molar-refractivity contribution in [3.8, 4) is 0 Å². The molecular weight excluding hydrogens is 264 g/mol. The molecule has 0 aliphatic rings. The number of aliphatic hydroxyl groups excluding tert-OH is 6. The minimum absolute atomic E-state index is 0.00694. The van der Waals surface area contributed by atoms with Gasteiger partial charge in [-0.25, -0.2) is 0 Å². The smallest absolute Gasteiger partial charge is 0.275 e. The molecular formula is C10H24O9. The molecule has 9 N–H and O–H groups in total. The molecule has 0 fully saturated rings. The Labute approximate surface area is 110 Å². The maximum Gasteiger partial charge on any atom is 0.275 e. The summed E-state index contributed by atoms with van der Waals surface area (Å²) in [7, 11) is 0. The van der Waals surface area contributed by atoms with Gasteiger partial charge in [0.25, 0.3) is 5.97 Å². The molecule has 0 amide bonds. The van der Waals surface area contributed by atoms with Crippen molar-refractivity contribution < 1.29 is 46.0 Å². The molecule has 0 unspecified atom stereocenters. The monoisotopic (exact) mass is 288 g/mol. The van der Waals surface area contributed by atoms with Crippen LogP contribution in [0.2, 0.25) is 0 Å². The highest BCUT2D eigenvalue weighted by Crippen LogP contribution is 2.04. The van der Waals surface area contributed by atoms with E-state index in [0.717, 1.165) is 0 Å². The molecule has 0 saturated carbocycles. The van der Waals surface area contributed by atoms with Gasteiger partial charge in [-0.1, -0.05) is 6.92 Å². The van der Waals surface area contributed by atoms with Gasteiger partial charge in [-0.15, -0.1) is 0 Å². The molecule has 0 aliphatic heterocycles. The van der Waals surface area contributed by atoms with Gasteiger partial charge in [0.15, 0.2) is 0 Å². The summed E-state index contributed by atoms with van der Waals surface area (Å²) < 4.78 is 0. The Bertz CT molecular complexity index is 192. The minimum Gasteiger partial charge on any atom is -0.394 e. The normalized spacial score (nSPS) is 18.0. The van der Waals surface area contributed by atoms with Crippen LogP contribution in [0.25, 0.3) is 0 Å². The first-order valence-corrected chi connectivity index (χ1v) is 5.71. The third-order valence-electron chi connectivity index (χ3n) is 2.10. The SMILES string of the molecule is CCCC(O)(O)O.OC[C@@H](O)[C@@H](O)[C@H](O)[C@@H](O)CO. The molecule has 0 heterocycles. The van der Waals surface area contributed by atoms with E-state index < -0.39 is 43.6 Å². The van der Waals surface area contributed by atoms with Crippen LogP contribution in [0.1, 0.15) is 19.8 Å². The van der Waals surface area contributed by atoms with Gasteiger partial charge in [0.05, 0.1) is 13.2 Å². The third kappa shape index (κ3) is 11.2. The summed E-state index contributed by atoms with van der Waals surface area (Å²) >= 11 is 0. The fourth-order valence-electron chi connectivity index (χ4n) is 1.01. The van der Waals surface area contributed by atoms with Crippen LogP contribution in [0.4, 0.5) is 0 Å². The van der Waals surface area contributed by atoms with Gasteiger partial charge in [-0.05, 0) is 6.42 Å². The first-order chi connectivity index (χ1) is 8.60. The van der Waals surface area contributed by atoms with Crippen LogP contribution in [0.5, 0.6) is 0 Å². The van der Waals surface area contributed by atoms with Crippen molar-refractivity contribution in [2.45, 2.75) is 50.2 Å². The van der Waals surface area contributed by atoms with Crippen LogP contribution >= 0.6 is 0 Å². The molecule has 0 aromatic heterocycles. The van der Waals surface area contributed by atoms with E-state index in [-0.39, 0.29) is 6.42 Å². The van der Waals surface area contributed by atoms with Crippen molar-refractivity contribution in [2.24, 2.45) is 0 Å². The van der Waals surface area contributed by atoms with Crippen molar-refractivity contribution in [2.75, 3.05) is 13.2 Å². The number of hydrogen-bond donors (Lipinski definition) is 9. The molecule has 0 aromatic carbocycles. The zero-order valence-corrected chi connectivity index (χ0v) is 10.7. The van der Waals surface area contributed by atoms with E-state index in [9.17, 15) is 0 Å². The van der Waals surface area contributed by atoms with Gasteiger partial charge >= 0.3 is 0 Å². The molecule has 0 aliphatic carbocycles.